The Balaban J connectivity index is 2.56. The molecule has 1 amide bonds. The second kappa shape index (κ2) is 8.36. The Labute approximate surface area is 140 Å². The van der Waals surface area contributed by atoms with Gasteiger partial charge in [-0.15, -0.1) is 0 Å². The van der Waals surface area contributed by atoms with Crippen molar-refractivity contribution in [2.75, 3.05) is 18.5 Å². The number of halogens is 2. The molecule has 0 unspecified atom stereocenters. The number of amides is 1. The van der Waals surface area contributed by atoms with Gasteiger partial charge in [0.25, 0.3) is 0 Å². The monoisotopic (exact) mass is 346 g/mol. The zero-order chi connectivity index (χ0) is 16.8. The zero-order valence-electron chi connectivity index (χ0n) is 12.8. The van der Waals surface area contributed by atoms with E-state index in [4.69, 9.17) is 27.9 Å². The van der Waals surface area contributed by atoms with Crippen molar-refractivity contribution >= 4 is 40.8 Å². The van der Waals surface area contributed by atoms with Crippen molar-refractivity contribution < 1.29 is 14.3 Å². The summed E-state index contributed by atoms with van der Waals surface area (Å²) in [5.74, 6) is -0.553. The number of hydrogen-bond donors (Lipinski definition) is 2. The Bertz CT molecular complexity index is 527. The summed E-state index contributed by atoms with van der Waals surface area (Å²) < 4.78 is 4.83. The molecule has 0 bridgehead atoms. The molecule has 0 aromatic heterocycles. The number of carbonyl (C=O) groups excluding carboxylic acids is 2. The minimum absolute atomic E-state index is 0.202. The summed E-state index contributed by atoms with van der Waals surface area (Å²) in [6.45, 7) is 5.88. The predicted octanol–water partition coefficient (Wildman–Crippen LogP) is 3.25. The van der Waals surface area contributed by atoms with Gasteiger partial charge in [0.15, 0.2) is 0 Å². The van der Waals surface area contributed by atoms with Crippen LogP contribution in [0.15, 0.2) is 18.2 Å². The van der Waals surface area contributed by atoms with E-state index in [1.165, 1.54) is 0 Å². The smallest absolute Gasteiger partial charge is 0.307 e. The molecule has 0 saturated heterocycles. The molecule has 0 atom stereocenters. The van der Waals surface area contributed by atoms with Crippen LogP contribution in [0.1, 0.15) is 27.2 Å². The number of benzene rings is 1. The van der Waals surface area contributed by atoms with Gasteiger partial charge in [0.1, 0.15) is 0 Å². The highest BCUT2D eigenvalue weighted by atomic mass is 35.5. The largest absolute Gasteiger partial charge is 0.466 e. The Morgan fingerprint density at radius 1 is 1.18 bits per heavy atom. The number of esters is 1. The van der Waals surface area contributed by atoms with E-state index < -0.39 is 5.54 Å². The second-order valence-corrected chi connectivity index (χ2v) is 6.09. The first-order valence-electron chi connectivity index (χ1n) is 6.93. The van der Waals surface area contributed by atoms with Crippen LogP contribution in [0.3, 0.4) is 0 Å². The molecule has 7 heteroatoms. The van der Waals surface area contributed by atoms with Crippen LogP contribution in [0, 0.1) is 0 Å². The minimum atomic E-state index is -0.860. The summed E-state index contributed by atoms with van der Waals surface area (Å²) in [6, 6.07) is 4.81. The van der Waals surface area contributed by atoms with E-state index >= 15 is 0 Å². The fourth-order valence-corrected chi connectivity index (χ4v) is 2.23. The van der Waals surface area contributed by atoms with Crippen LogP contribution in [-0.2, 0) is 14.3 Å². The van der Waals surface area contributed by atoms with Crippen molar-refractivity contribution in [2.24, 2.45) is 0 Å². The summed E-state index contributed by atoms with van der Waals surface area (Å²) in [7, 11) is 0. The van der Waals surface area contributed by atoms with Gasteiger partial charge in [0.2, 0.25) is 5.91 Å². The summed E-state index contributed by atoms with van der Waals surface area (Å²) >= 11 is 11.8. The van der Waals surface area contributed by atoms with Crippen molar-refractivity contribution in [2.45, 2.75) is 32.7 Å². The third-order valence-electron chi connectivity index (χ3n) is 2.89. The van der Waals surface area contributed by atoms with Gasteiger partial charge in [-0.2, -0.15) is 0 Å². The highest BCUT2D eigenvalue weighted by Crippen LogP contribution is 2.23. The number of nitrogens with one attached hydrogen (secondary N) is 2. The third kappa shape index (κ3) is 6.22. The fraction of sp³-hybridized carbons (Fsp3) is 0.467. The lowest BCUT2D eigenvalue weighted by atomic mass is 10.0. The van der Waals surface area contributed by atoms with Gasteiger partial charge in [-0.25, -0.2) is 0 Å². The van der Waals surface area contributed by atoms with Crippen LogP contribution in [0.5, 0.6) is 0 Å². The number of hydrogen-bond acceptors (Lipinski definition) is 4. The normalized spacial score (nSPS) is 11.1. The van der Waals surface area contributed by atoms with Crippen LogP contribution in [0.2, 0.25) is 10.0 Å². The molecule has 122 valence electrons. The SMILES string of the molecule is CCOC(=O)CCNC(C)(C)C(=O)Nc1cc(Cl)cc(Cl)c1. The molecule has 0 aliphatic rings. The van der Waals surface area contributed by atoms with Gasteiger partial charge in [-0.3, -0.25) is 9.59 Å². The van der Waals surface area contributed by atoms with E-state index in [9.17, 15) is 9.59 Å². The Morgan fingerprint density at radius 2 is 1.77 bits per heavy atom. The van der Waals surface area contributed by atoms with Gasteiger partial charge >= 0.3 is 5.97 Å². The van der Waals surface area contributed by atoms with Gasteiger partial charge in [0, 0.05) is 22.3 Å². The van der Waals surface area contributed by atoms with Crippen LogP contribution >= 0.6 is 23.2 Å². The number of ether oxygens (including phenoxy) is 1. The van der Waals surface area contributed by atoms with Crippen molar-refractivity contribution in [3.05, 3.63) is 28.2 Å². The van der Waals surface area contributed by atoms with Gasteiger partial charge in [-0.1, -0.05) is 23.2 Å². The molecule has 2 N–H and O–H groups in total. The maximum absolute atomic E-state index is 12.3. The lowest BCUT2D eigenvalue weighted by Gasteiger charge is -2.25. The van der Waals surface area contributed by atoms with E-state index in [1.807, 2.05) is 0 Å². The van der Waals surface area contributed by atoms with Gasteiger partial charge < -0.3 is 15.4 Å². The number of carbonyl (C=O) groups is 2. The maximum Gasteiger partial charge on any atom is 0.307 e. The molecule has 0 aliphatic carbocycles. The van der Waals surface area contributed by atoms with Gasteiger partial charge in [0.05, 0.1) is 18.6 Å². The second-order valence-electron chi connectivity index (χ2n) is 5.22. The molecular weight excluding hydrogens is 327 g/mol. The predicted molar refractivity (Wildman–Crippen MR) is 88.4 cm³/mol. The molecule has 0 aliphatic heterocycles. The van der Waals surface area contributed by atoms with E-state index in [-0.39, 0.29) is 18.3 Å². The van der Waals surface area contributed by atoms with Crippen LogP contribution in [0.25, 0.3) is 0 Å². The van der Waals surface area contributed by atoms with Crippen LogP contribution in [0.4, 0.5) is 5.69 Å². The van der Waals surface area contributed by atoms with E-state index in [0.29, 0.717) is 28.9 Å². The molecule has 0 heterocycles. The fourth-order valence-electron chi connectivity index (χ4n) is 1.70. The van der Waals surface area contributed by atoms with E-state index in [0.717, 1.165) is 0 Å². The summed E-state index contributed by atoms with van der Waals surface area (Å²) in [5.41, 5.74) is -0.343. The number of rotatable bonds is 7. The molecule has 5 nitrogen and oxygen atoms in total. The zero-order valence-corrected chi connectivity index (χ0v) is 14.3. The van der Waals surface area contributed by atoms with Crippen molar-refractivity contribution in [3.63, 3.8) is 0 Å². The Morgan fingerprint density at radius 3 is 2.32 bits per heavy atom. The first kappa shape index (κ1) is 18.7. The molecule has 0 spiro atoms. The molecule has 1 aromatic rings. The first-order chi connectivity index (χ1) is 10.2. The highest BCUT2D eigenvalue weighted by molar-refractivity contribution is 6.35. The highest BCUT2D eigenvalue weighted by Gasteiger charge is 2.27. The summed E-state index contributed by atoms with van der Waals surface area (Å²) in [4.78, 5) is 23.6. The van der Waals surface area contributed by atoms with Crippen LogP contribution < -0.4 is 10.6 Å². The Hall–Kier alpha value is -1.30. The van der Waals surface area contributed by atoms with Crippen molar-refractivity contribution in [3.8, 4) is 0 Å². The average molecular weight is 347 g/mol. The number of anilines is 1. The molecule has 0 fully saturated rings. The molecular formula is C15H20Cl2N2O3. The van der Waals surface area contributed by atoms with Crippen molar-refractivity contribution in [1.82, 2.24) is 5.32 Å². The summed E-state index contributed by atoms with van der Waals surface area (Å²) in [6.07, 6.45) is 0.202. The van der Waals surface area contributed by atoms with Gasteiger partial charge in [-0.05, 0) is 39.0 Å². The third-order valence-corrected chi connectivity index (χ3v) is 3.33. The van der Waals surface area contributed by atoms with Crippen molar-refractivity contribution in [1.29, 1.82) is 0 Å². The average Bonchev–Trinajstić information content (AvgIpc) is 2.37. The summed E-state index contributed by atoms with van der Waals surface area (Å²) in [5, 5.41) is 6.64. The minimum Gasteiger partial charge on any atom is -0.466 e. The van der Waals surface area contributed by atoms with Crippen LogP contribution in [-0.4, -0.2) is 30.6 Å². The first-order valence-corrected chi connectivity index (χ1v) is 7.68. The molecule has 0 saturated carbocycles. The molecule has 0 radical (unpaired) electrons. The van der Waals surface area contributed by atoms with E-state index in [2.05, 4.69) is 10.6 Å². The molecule has 1 aromatic carbocycles. The quantitative estimate of drug-likeness (QED) is 0.743. The standard InChI is InChI=1S/C15H20Cl2N2O3/c1-4-22-13(20)5-6-18-15(2,3)14(21)19-12-8-10(16)7-11(17)9-12/h7-9,18H,4-6H2,1-3H3,(H,19,21). The lowest BCUT2D eigenvalue weighted by molar-refractivity contribution is -0.143. The molecule has 1 rings (SSSR count). The Kier molecular flexibility index (Phi) is 7.13. The maximum atomic E-state index is 12.3. The van der Waals surface area contributed by atoms with E-state index in [1.54, 1.807) is 39.0 Å². The topological polar surface area (TPSA) is 67.4 Å². The molecule has 22 heavy (non-hydrogen) atoms. The lowest BCUT2D eigenvalue weighted by Crippen LogP contribution is -2.50.